The Morgan fingerprint density at radius 2 is 2.12 bits per heavy atom. The predicted molar refractivity (Wildman–Crippen MR) is 95.3 cm³/mol. The number of benzene rings is 2. The van der Waals surface area contributed by atoms with E-state index in [0.717, 1.165) is 5.56 Å². The van der Waals surface area contributed by atoms with Crippen molar-refractivity contribution in [1.82, 2.24) is 10.2 Å². The second-order valence-corrected chi connectivity index (χ2v) is 6.40. The zero-order chi connectivity index (χ0) is 17.8. The molecule has 3 rings (SSSR count). The summed E-state index contributed by atoms with van der Waals surface area (Å²) in [6, 6.07) is 13.2. The summed E-state index contributed by atoms with van der Waals surface area (Å²) < 4.78 is 19.3. The summed E-state index contributed by atoms with van der Waals surface area (Å²) in [6.07, 6.45) is -0.686. The molecule has 0 saturated carbocycles. The predicted octanol–water partition coefficient (Wildman–Crippen LogP) is 3.42. The van der Waals surface area contributed by atoms with Crippen molar-refractivity contribution in [2.75, 3.05) is 19.6 Å². The van der Waals surface area contributed by atoms with Gasteiger partial charge < -0.3 is 15.0 Å². The van der Waals surface area contributed by atoms with Gasteiger partial charge in [-0.1, -0.05) is 35.9 Å². The Kier molecular flexibility index (Phi) is 5.56. The van der Waals surface area contributed by atoms with Crippen molar-refractivity contribution in [2.45, 2.75) is 19.1 Å². The molecule has 1 aliphatic rings. The fourth-order valence-electron chi connectivity index (χ4n) is 2.99. The summed E-state index contributed by atoms with van der Waals surface area (Å²) in [7, 11) is 0. The fraction of sp³-hybridized carbons (Fsp3) is 0.316. The molecule has 4 nitrogen and oxygen atoms in total. The molecular formula is C19H20ClFN2O2. The minimum absolute atomic E-state index is 0.143. The van der Waals surface area contributed by atoms with E-state index in [1.54, 1.807) is 42.2 Å². The van der Waals surface area contributed by atoms with Crippen molar-refractivity contribution >= 4 is 17.5 Å². The van der Waals surface area contributed by atoms with Gasteiger partial charge in [0.25, 0.3) is 5.91 Å². The van der Waals surface area contributed by atoms with E-state index in [-0.39, 0.29) is 17.8 Å². The van der Waals surface area contributed by atoms with E-state index in [1.165, 1.54) is 12.1 Å². The molecule has 2 aromatic rings. The van der Waals surface area contributed by atoms with Crippen molar-refractivity contribution in [1.29, 1.82) is 0 Å². The highest BCUT2D eigenvalue weighted by atomic mass is 35.5. The third kappa shape index (κ3) is 4.11. The molecule has 0 spiro atoms. The Bertz CT molecular complexity index is 756. The lowest BCUT2D eigenvalue weighted by Crippen LogP contribution is -2.52. The molecule has 1 aliphatic heterocycles. The van der Waals surface area contributed by atoms with Gasteiger partial charge in [0.15, 0.2) is 6.10 Å². The maximum absolute atomic E-state index is 13.6. The third-order valence-corrected chi connectivity index (χ3v) is 4.56. The lowest BCUT2D eigenvalue weighted by atomic mass is 10.0. The van der Waals surface area contributed by atoms with Crippen LogP contribution in [0.1, 0.15) is 18.5 Å². The molecule has 132 valence electrons. The molecule has 1 N–H and O–H groups in total. The van der Waals surface area contributed by atoms with Crippen LogP contribution in [-0.2, 0) is 4.79 Å². The van der Waals surface area contributed by atoms with E-state index in [4.69, 9.17) is 16.3 Å². The molecule has 1 heterocycles. The van der Waals surface area contributed by atoms with Gasteiger partial charge in [0.05, 0.1) is 11.1 Å². The summed E-state index contributed by atoms with van der Waals surface area (Å²) >= 11 is 6.10. The number of amides is 1. The summed E-state index contributed by atoms with van der Waals surface area (Å²) in [5, 5.41) is 3.72. The quantitative estimate of drug-likeness (QED) is 0.906. The van der Waals surface area contributed by atoms with E-state index < -0.39 is 6.10 Å². The Hall–Kier alpha value is -2.11. The van der Waals surface area contributed by atoms with Gasteiger partial charge in [0, 0.05) is 19.6 Å². The number of carbonyl (C=O) groups is 1. The Morgan fingerprint density at radius 3 is 2.88 bits per heavy atom. The van der Waals surface area contributed by atoms with Crippen molar-refractivity contribution in [3.05, 3.63) is 64.9 Å². The Labute approximate surface area is 151 Å². The minimum Gasteiger partial charge on any atom is -0.479 e. The monoisotopic (exact) mass is 362 g/mol. The molecule has 6 heteroatoms. The summed E-state index contributed by atoms with van der Waals surface area (Å²) in [5.41, 5.74) is 0.769. The van der Waals surface area contributed by atoms with Crippen LogP contribution in [0.15, 0.2) is 48.5 Å². The first-order valence-electron chi connectivity index (χ1n) is 8.24. The average Bonchev–Trinajstić information content (AvgIpc) is 2.63. The highest BCUT2D eigenvalue weighted by molar-refractivity contribution is 6.32. The number of nitrogens with zero attached hydrogens (tertiary/aromatic N) is 1. The zero-order valence-electron chi connectivity index (χ0n) is 13.9. The Balaban J connectivity index is 1.77. The van der Waals surface area contributed by atoms with E-state index >= 15 is 0 Å². The lowest BCUT2D eigenvalue weighted by molar-refractivity contribution is -0.141. The minimum atomic E-state index is -0.686. The molecule has 25 heavy (non-hydrogen) atoms. The van der Waals surface area contributed by atoms with Crippen LogP contribution in [0.4, 0.5) is 4.39 Å². The largest absolute Gasteiger partial charge is 0.479 e. The first-order valence-corrected chi connectivity index (χ1v) is 8.62. The van der Waals surface area contributed by atoms with Crippen LogP contribution in [0.3, 0.4) is 0 Å². The number of nitrogens with one attached hydrogen (secondary N) is 1. The van der Waals surface area contributed by atoms with Crippen molar-refractivity contribution in [3.63, 3.8) is 0 Å². The van der Waals surface area contributed by atoms with Gasteiger partial charge in [0.2, 0.25) is 0 Å². The summed E-state index contributed by atoms with van der Waals surface area (Å²) in [6.45, 7) is 3.51. The van der Waals surface area contributed by atoms with Crippen LogP contribution in [0.5, 0.6) is 5.75 Å². The molecule has 0 bridgehead atoms. The molecule has 1 fully saturated rings. The van der Waals surface area contributed by atoms with E-state index in [0.29, 0.717) is 30.4 Å². The van der Waals surface area contributed by atoms with Gasteiger partial charge in [0.1, 0.15) is 11.6 Å². The SMILES string of the molecule is CC(Oc1ccccc1Cl)C(=O)N1CCNCC1c1cccc(F)c1. The van der Waals surface area contributed by atoms with Crippen LogP contribution < -0.4 is 10.1 Å². The molecule has 2 unspecified atom stereocenters. The fourth-order valence-corrected chi connectivity index (χ4v) is 3.17. The zero-order valence-corrected chi connectivity index (χ0v) is 14.7. The van der Waals surface area contributed by atoms with E-state index in [2.05, 4.69) is 5.32 Å². The number of para-hydroxylation sites is 1. The topological polar surface area (TPSA) is 41.6 Å². The van der Waals surface area contributed by atoms with Gasteiger partial charge in [-0.15, -0.1) is 0 Å². The second-order valence-electron chi connectivity index (χ2n) is 6.00. The highest BCUT2D eigenvalue weighted by Crippen LogP contribution is 2.27. The van der Waals surface area contributed by atoms with Crippen LogP contribution in [0, 0.1) is 5.82 Å². The molecule has 1 amide bonds. The number of ether oxygens (including phenoxy) is 1. The molecule has 0 radical (unpaired) electrons. The van der Waals surface area contributed by atoms with Crippen LogP contribution in [0.2, 0.25) is 5.02 Å². The normalized spacial score (nSPS) is 18.7. The molecule has 0 aromatic heterocycles. The Morgan fingerprint density at radius 1 is 1.32 bits per heavy atom. The van der Waals surface area contributed by atoms with Crippen LogP contribution >= 0.6 is 11.6 Å². The number of rotatable bonds is 4. The smallest absolute Gasteiger partial charge is 0.263 e. The molecule has 0 aliphatic carbocycles. The van der Waals surface area contributed by atoms with Gasteiger partial charge in [-0.2, -0.15) is 0 Å². The summed E-state index contributed by atoms with van der Waals surface area (Å²) in [4.78, 5) is 14.7. The second kappa shape index (κ2) is 7.85. The van der Waals surface area contributed by atoms with Crippen LogP contribution in [0.25, 0.3) is 0 Å². The van der Waals surface area contributed by atoms with E-state index in [1.807, 2.05) is 6.07 Å². The third-order valence-electron chi connectivity index (χ3n) is 4.25. The van der Waals surface area contributed by atoms with Crippen molar-refractivity contribution in [3.8, 4) is 5.75 Å². The maximum atomic E-state index is 13.6. The van der Waals surface area contributed by atoms with Gasteiger partial charge in [-0.05, 0) is 36.8 Å². The molecular weight excluding hydrogens is 343 g/mol. The van der Waals surface area contributed by atoms with Gasteiger partial charge in [-0.25, -0.2) is 4.39 Å². The number of carbonyl (C=O) groups excluding carboxylic acids is 1. The lowest BCUT2D eigenvalue weighted by Gasteiger charge is -2.38. The van der Waals surface area contributed by atoms with Gasteiger partial charge >= 0.3 is 0 Å². The number of piperazine rings is 1. The average molecular weight is 363 g/mol. The van der Waals surface area contributed by atoms with Crippen LogP contribution in [-0.4, -0.2) is 36.5 Å². The maximum Gasteiger partial charge on any atom is 0.263 e. The van der Waals surface area contributed by atoms with Crippen molar-refractivity contribution in [2.24, 2.45) is 0 Å². The number of hydrogen-bond donors (Lipinski definition) is 1. The van der Waals surface area contributed by atoms with Crippen molar-refractivity contribution < 1.29 is 13.9 Å². The molecule has 2 atom stereocenters. The first kappa shape index (κ1) is 17.7. The van der Waals surface area contributed by atoms with E-state index in [9.17, 15) is 9.18 Å². The standard InChI is InChI=1S/C19H20ClFN2O2/c1-13(25-18-8-3-2-7-16(18)20)19(24)23-10-9-22-12-17(23)14-5-4-6-15(21)11-14/h2-8,11,13,17,22H,9-10,12H2,1H3. The van der Waals surface area contributed by atoms with Gasteiger partial charge in [-0.3, -0.25) is 4.79 Å². The molecule has 2 aromatic carbocycles. The summed E-state index contributed by atoms with van der Waals surface area (Å²) in [5.74, 6) is 0.0222. The number of halogens is 2. The molecule has 1 saturated heterocycles. The first-order chi connectivity index (χ1) is 12.1. The number of hydrogen-bond acceptors (Lipinski definition) is 3. The highest BCUT2D eigenvalue weighted by Gasteiger charge is 2.31.